The topological polar surface area (TPSA) is 122 Å². The molecule has 2 heterocycles. The minimum Gasteiger partial charge on any atom is -0.382 e. The van der Waals surface area contributed by atoms with E-state index in [2.05, 4.69) is 10.6 Å². The van der Waals surface area contributed by atoms with Crippen LogP contribution in [-0.4, -0.2) is 46.7 Å². The molecular formula is C21H24N4O4. The van der Waals surface area contributed by atoms with Gasteiger partial charge in [-0.3, -0.25) is 29.4 Å². The van der Waals surface area contributed by atoms with Crippen molar-refractivity contribution in [1.29, 1.82) is 0 Å². The summed E-state index contributed by atoms with van der Waals surface area (Å²) in [6.45, 7) is 0. The van der Waals surface area contributed by atoms with Crippen molar-refractivity contribution in [2.24, 2.45) is 17.6 Å². The predicted octanol–water partition coefficient (Wildman–Crippen LogP) is 1.02. The molecule has 0 aromatic heterocycles. The van der Waals surface area contributed by atoms with Crippen LogP contribution >= 0.6 is 0 Å². The van der Waals surface area contributed by atoms with Gasteiger partial charge in [0, 0.05) is 24.2 Å². The number of nitrogens with zero attached hydrogens (tertiary/aromatic N) is 1. The van der Waals surface area contributed by atoms with Gasteiger partial charge in [-0.05, 0) is 62.1 Å². The third-order valence-electron chi connectivity index (χ3n) is 6.91. The van der Waals surface area contributed by atoms with Gasteiger partial charge in [0.1, 0.15) is 6.04 Å². The molecule has 3 atom stereocenters. The van der Waals surface area contributed by atoms with Crippen LogP contribution in [0.2, 0.25) is 0 Å². The average Bonchev–Trinajstić information content (AvgIpc) is 3.06. The molecule has 4 aliphatic rings. The average molecular weight is 396 g/mol. The monoisotopic (exact) mass is 396 g/mol. The summed E-state index contributed by atoms with van der Waals surface area (Å²) in [5.41, 5.74) is 7.58. The lowest BCUT2D eigenvalue weighted by Gasteiger charge is -2.35. The van der Waals surface area contributed by atoms with Crippen LogP contribution in [0.25, 0.3) is 0 Å². The minimum atomic E-state index is -0.938. The summed E-state index contributed by atoms with van der Waals surface area (Å²) < 4.78 is 0. The van der Waals surface area contributed by atoms with Crippen LogP contribution in [0.15, 0.2) is 18.2 Å². The van der Waals surface area contributed by atoms with Gasteiger partial charge in [-0.1, -0.05) is 0 Å². The number of rotatable bonds is 3. The Morgan fingerprint density at radius 2 is 1.66 bits per heavy atom. The zero-order valence-electron chi connectivity index (χ0n) is 16.0. The molecule has 0 radical (unpaired) electrons. The first-order chi connectivity index (χ1) is 13.9. The van der Waals surface area contributed by atoms with Crippen molar-refractivity contribution in [1.82, 2.24) is 10.2 Å². The lowest BCUT2D eigenvalue weighted by Crippen LogP contribution is -2.54. The number of nitrogens with two attached hydrogens (primary N) is 1. The molecule has 2 bridgehead atoms. The number of benzene rings is 1. The fourth-order valence-electron chi connectivity index (χ4n) is 5.56. The van der Waals surface area contributed by atoms with Crippen LogP contribution in [0.4, 0.5) is 5.69 Å². The van der Waals surface area contributed by atoms with Crippen LogP contribution in [-0.2, 0) is 9.59 Å². The summed E-state index contributed by atoms with van der Waals surface area (Å²) in [6.07, 6.45) is 4.64. The fourth-order valence-corrected chi connectivity index (χ4v) is 5.56. The number of nitrogens with one attached hydrogen (secondary N) is 2. The third-order valence-corrected chi connectivity index (χ3v) is 6.91. The van der Waals surface area contributed by atoms with E-state index in [0.717, 1.165) is 23.4 Å². The van der Waals surface area contributed by atoms with Crippen molar-refractivity contribution < 1.29 is 19.2 Å². The predicted molar refractivity (Wildman–Crippen MR) is 104 cm³/mol. The van der Waals surface area contributed by atoms with E-state index in [9.17, 15) is 19.2 Å². The van der Waals surface area contributed by atoms with Crippen molar-refractivity contribution >= 4 is 29.3 Å². The number of hydrogen-bond donors (Lipinski definition) is 3. The van der Waals surface area contributed by atoms with E-state index in [1.54, 1.807) is 12.1 Å². The summed E-state index contributed by atoms with van der Waals surface area (Å²) in [5, 5.41) is 5.79. The first kappa shape index (κ1) is 18.3. The Morgan fingerprint density at radius 3 is 2.34 bits per heavy atom. The molecule has 4 amide bonds. The van der Waals surface area contributed by atoms with Crippen molar-refractivity contribution in [3.8, 4) is 0 Å². The number of carbonyl (C=O) groups is 4. The number of anilines is 1. The van der Waals surface area contributed by atoms with Crippen molar-refractivity contribution in [3.63, 3.8) is 0 Å². The molecule has 8 nitrogen and oxygen atoms in total. The van der Waals surface area contributed by atoms with Gasteiger partial charge < -0.3 is 11.1 Å². The fraction of sp³-hybridized carbons (Fsp3) is 0.524. The highest BCUT2D eigenvalue weighted by Crippen LogP contribution is 2.43. The third kappa shape index (κ3) is 2.93. The van der Waals surface area contributed by atoms with Gasteiger partial charge in [0.25, 0.3) is 11.8 Å². The maximum atomic E-state index is 13.0. The second-order valence-corrected chi connectivity index (χ2v) is 8.71. The maximum Gasteiger partial charge on any atom is 0.262 e. The van der Waals surface area contributed by atoms with E-state index >= 15 is 0 Å². The van der Waals surface area contributed by atoms with Crippen molar-refractivity contribution in [2.75, 3.05) is 5.32 Å². The Hall–Kier alpha value is -2.74. The van der Waals surface area contributed by atoms with Crippen LogP contribution in [0.5, 0.6) is 0 Å². The van der Waals surface area contributed by atoms with Gasteiger partial charge in [0.05, 0.1) is 11.1 Å². The zero-order chi connectivity index (χ0) is 20.3. The molecule has 3 fully saturated rings. The first-order valence-corrected chi connectivity index (χ1v) is 10.3. The summed E-state index contributed by atoms with van der Waals surface area (Å²) in [4.78, 5) is 50.3. The van der Waals surface area contributed by atoms with Gasteiger partial charge in [-0.15, -0.1) is 0 Å². The Labute approximate surface area is 168 Å². The van der Waals surface area contributed by atoms with Crippen molar-refractivity contribution in [2.45, 2.75) is 56.7 Å². The van der Waals surface area contributed by atoms with E-state index in [1.807, 2.05) is 6.07 Å². The Balaban J connectivity index is 1.37. The number of fused-ring (bicyclic) bond motifs is 3. The van der Waals surface area contributed by atoms with Gasteiger partial charge >= 0.3 is 0 Å². The number of imide groups is 2. The van der Waals surface area contributed by atoms with E-state index in [4.69, 9.17) is 5.73 Å². The minimum absolute atomic E-state index is 0.114. The highest BCUT2D eigenvalue weighted by molar-refractivity contribution is 6.23. The number of carbonyl (C=O) groups excluding carboxylic acids is 4. The second-order valence-electron chi connectivity index (χ2n) is 8.71. The van der Waals surface area contributed by atoms with Crippen LogP contribution in [0.1, 0.15) is 59.2 Å². The van der Waals surface area contributed by atoms with Crippen LogP contribution in [0, 0.1) is 11.8 Å². The number of amides is 4. The quantitative estimate of drug-likeness (QED) is 0.656. The molecule has 1 saturated heterocycles. The highest BCUT2D eigenvalue weighted by atomic mass is 16.2. The molecule has 1 aromatic rings. The normalized spacial score (nSPS) is 33.7. The van der Waals surface area contributed by atoms with E-state index in [1.165, 1.54) is 12.8 Å². The van der Waals surface area contributed by atoms with Crippen LogP contribution in [0.3, 0.4) is 0 Å². The molecule has 29 heavy (non-hydrogen) atoms. The standard InChI is InChI=1S/C21H24N4O4/c22-12-7-10-1-2-11(8-12)18(10)23-13-3-4-14-15(9-13)21(29)25(20(14)28)16-5-6-17(26)24-19(16)27/h3-4,9-12,16,18,23H,1-2,5-8,22H2,(H,24,26,27). The SMILES string of the molecule is NC1CC2CCC(C1)C2Nc1ccc2c(c1)C(=O)N(C1CCC(=O)NC1=O)C2=O. The Bertz CT molecular complexity index is 915. The molecule has 1 aromatic carbocycles. The lowest BCUT2D eigenvalue weighted by atomic mass is 9.81. The van der Waals surface area contributed by atoms with Crippen molar-refractivity contribution in [3.05, 3.63) is 29.3 Å². The van der Waals surface area contributed by atoms with E-state index in [0.29, 0.717) is 29.0 Å². The van der Waals surface area contributed by atoms with E-state index in [-0.39, 0.29) is 24.8 Å². The highest BCUT2D eigenvalue weighted by Gasteiger charge is 2.45. The second kappa shape index (κ2) is 6.66. The molecule has 4 N–H and O–H groups in total. The smallest absolute Gasteiger partial charge is 0.262 e. The summed E-state index contributed by atoms with van der Waals surface area (Å²) in [5.74, 6) is -0.851. The molecule has 0 spiro atoms. The molecule has 2 aliphatic heterocycles. The molecular weight excluding hydrogens is 372 g/mol. The molecule has 3 unspecified atom stereocenters. The van der Waals surface area contributed by atoms with Gasteiger partial charge in [0.2, 0.25) is 11.8 Å². The lowest BCUT2D eigenvalue weighted by molar-refractivity contribution is -0.136. The molecule has 5 rings (SSSR count). The van der Waals surface area contributed by atoms with E-state index < -0.39 is 23.8 Å². The Kier molecular flexibility index (Phi) is 4.20. The molecule has 2 saturated carbocycles. The Morgan fingerprint density at radius 1 is 0.966 bits per heavy atom. The molecule has 8 heteroatoms. The number of piperidine rings is 1. The number of hydrogen-bond acceptors (Lipinski definition) is 6. The largest absolute Gasteiger partial charge is 0.382 e. The summed E-state index contributed by atoms with van der Waals surface area (Å²) >= 11 is 0. The zero-order valence-corrected chi connectivity index (χ0v) is 16.0. The van der Waals surface area contributed by atoms with Gasteiger partial charge in [0.15, 0.2) is 0 Å². The van der Waals surface area contributed by atoms with Crippen LogP contribution < -0.4 is 16.4 Å². The van der Waals surface area contributed by atoms with Gasteiger partial charge in [-0.25, -0.2) is 0 Å². The summed E-state index contributed by atoms with van der Waals surface area (Å²) in [7, 11) is 0. The molecule has 152 valence electrons. The van der Waals surface area contributed by atoms with Gasteiger partial charge in [-0.2, -0.15) is 0 Å². The maximum absolute atomic E-state index is 13.0. The first-order valence-electron chi connectivity index (χ1n) is 10.3. The molecule has 2 aliphatic carbocycles. The summed E-state index contributed by atoms with van der Waals surface area (Å²) in [6, 6.07) is 4.87.